The number of nitrogens with zero attached hydrogens (tertiary/aromatic N) is 1. The maximum absolute atomic E-state index is 5.42. The summed E-state index contributed by atoms with van der Waals surface area (Å²) in [5, 5.41) is 2.95. The summed E-state index contributed by atoms with van der Waals surface area (Å²) in [6.45, 7) is 2.57. The Balaban J connectivity index is 2.56. The van der Waals surface area contributed by atoms with Crippen molar-refractivity contribution in [1.29, 1.82) is 0 Å². The molecule has 1 aromatic rings. The summed E-state index contributed by atoms with van der Waals surface area (Å²) in [7, 11) is 1.83. The van der Waals surface area contributed by atoms with Gasteiger partial charge in [-0.1, -0.05) is 12.2 Å². The molecule has 0 saturated carbocycles. The van der Waals surface area contributed by atoms with E-state index >= 15 is 0 Å². The first-order chi connectivity index (χ1) is 6.36. The molecule has 13 heavy (non-hydrogen) atoms. The molecule has 1 aromatic heterocycles. The molecule has 0 aliphatic heterocycles. The Labute approximate surface area is 78.4 Å². The van der Waals surface area contributed by atoms with Gasteiger partial charge < -0.3 is 10.1 Å². The monoisotopic (exact) mass is 178 g/mol. The van der Waals surface area contributed by atoms with E-state index in [0.717, 1.165) is 11.6 Å². The van der Waals surface area contributed by atoms with Crippen LogP contribution in [0.3, 0.4) is 0 Å². The van der Waals surface area contributed by atoms with Crippen molar-refractivity contribution >= 4 is 5.82 Å². The first kappa shape index (κ1) is 9.58. The predicted octanol–water partition coefficient (Wildman–Crippen LogP) is 2.08. The van der Waals surface area contributed by atoms with Gasteiger partial charge in [0, 0.05) is 19.3 Å². The standard InChI is InChI=1S/C10H14N2O/c1-3-4-7-13-9-5-6-12-10(8-9)11-2/h3-6,8H,7H2,1-2H3,(H,11,12)/b4-3+. The fraction of sp³-hybridized carbons (Fsp3) is 0.300. The van der Waals surface area contributed by atoms with Crippen molar-refractivity contribution in [3.8, 4) is 5.75 Å². The van der Waals surface area contributed by atoms with Crippen LogP contribution in [-0.2, 0) is 0 Å². The van der Waals surface area contributed by atoms with E-state index in [4.69, 9.17) is 4.74 Å². The van der Waals surface area contributed by atoms with Gasteiger partial charge in [-0.2, -0.15) is 0 Å². The lowest BCUT2D eigenvalue weighted by atomic mass is 10.4. The van der Waals surface area contributed by atoms with E-state index in [0.29, 0.717) is 6.61 Å². The van der Waals surface area contributed by atoms with E-state index in [-0.39, 0.29) is 0 Å². The summed E-state index contributed by atoms with van der Waals surface area (Å²) in [6, 6.07) is 3.70. The summed E-state index contributed by atoms with van der Waals surface area (Å²) in [5.41, 5.74) is 0. The van der Waals surface area contributed by atoms with Crippen molar-refractivity contribution in [3.63, 3.8) is 0 Å². The van der Waals surface area contributed by atoms with E-state index in [1.54, 1.807) is 6.20 Å². The molecule has 0 saturated heterocycles. The fourth-order valence-electron chi connectivity index (χ4n) is 0.878. The molecule has 3 nitrogen and oxygen atoms in total. The number of allylic oxidation sites excluding steroid dienone is 1. The quantitative estimate of drug-likeness (QED) is 0.717. The molecule has 0 unspecified atom stereocenters. The maximum Gasteiger partial charge on any atom is 0.129 e. The lowest BCUT2D eigenvalue weighted by molar-refractivity contribution is 0.362. The third kappa shape index (κ3) is 3.15. The Hall–Kier alpha value is -1.51. The largest absolute Gasteiger partial charge is 0.489 e. The van der Waals surface area contributed by atoms with Crippen LogP contribution in [0.25, 0.3) is 0 Å². The van der Waals surface area contributed by atoms with Gasteiger partial charge in [-0.05, 0) is 13.0 Å². The SMILES string of the molecule is C/C=C/COc1ccnc(NC)c1. The molecule has 1 heterocycles. The highest BCUT2D eigenvalue weighted by molar-refractivity contribution is 5.39. The number of aromatic nitrogens is 1. The van der Waals surface area contributed by atoms with Crippen LogP contribution >= 0.6 is 0 Å². The van der Waals surface area contributed by atoms with Gasteiger partial charge in [0.1, 0.15) is 18.2 Å². The zero-order chi connectivity index (χ0) is 9.52. The Kier molecular flexibility index (Phi) is 3.82. The summed E-state index contributed by atoms with van der Waals surface area (Å²) < 4.78 is 5.42. The number of ether oxygens (including phenoxy) is 1. The molecule has 0 atom stereocenters. The second-order valence-corrected chi connectivity index (χ2v) is 2.51. The molecule has 0 fully saturated rings. The van der Waals surface area contributed by atoms with Gasteiger partial charge >= 0.3 is 0 Å². The molecule has 0 aliphatic carbocycles. The highest BCUT2D eigenvalue weighted by atomic mass is 16.5. The van der Waals surface area contributed by atoms with Crippen LogP contribution in [0.15, 0.2) is 30.5 Å². The van der Waals surface area contributed by atoms with E-state index in [1.165, 1.54) is 0 Å². The fourth-order valence-corrected chi connectivity index (χ4v) is 0.878. The third-order valence-electron chi connectivity index (χ3n) is 1.57. The van der Waals surface area contributed by atoms with Crippen LogP contribution in [0.2, 0.25) is 0 Å². The van der Waals surface area contributed by atoms with Crippen molar-refractivity contribution in [3.05, 3.63) is 30.5 Å². The van der Waals surface area contributed by atoms with Gasteiger partial charge in [0.2, 0.25) is 0 Å². The number of rotatable bonds is 4. The highest BCUT2D eigenvalue weighted by Crippen LogP contribution is 2.13. The molecule has 0 radical (unpaired) electrons. The second kappa shape index (κ2) is 5.19. The van der Waals surface area contributed by atoms with Crippen LogP contribution in [0.1, 0.15) is 6.92 Å². The first-order valence-electron chi connectivity index (χ1n) is 4.24. The van der Waals surface area contributed by atoms with Gasteiger partial charge in [0.15, 0.2) is 0 Å². The minimum absolute atomic E-state index is 0.601. The Morgan fingerprint density at radius 2 is 2.46 bits per heavy atom. The maximum atomic E-state index is 5.42. The van der Waals surface area contributed by atoms with Crippen molar-refractivity contribution in [2.45, 2.75) is 6.92 Å². The van der Waals surface area contributed by atoms with Crippen molar-refractivity contribution in [2.24, 2.45) is 0 Å². The molecule has 0 amide bonds. The second-order valence-electron chi connectivity index (χ2n) is 2.51. The van der Waals surface area contributed by atoms with Crippen LogP contribution in [0.5, 0.6) is 5.75 Å². The summed E-state index contributed by atoms with van der Waals surface area (Å²) in [5.74, 6) is 1.65. The number of anilines is 1. The molecular formula is C10H14N2O. The Morgan fingerprint density at radius 1 is 1.62 bits per heavy atom. The zero-order valence-electron chi connectivity index (χ0n) is 7.95. The first-order valence-corrected chi connectivity index (χ1v) is 4.24. The van der Waals surface area contributed by atoms with Gasteiger partial charge in [0.25, 0.3) is 0 Å². The van der Waals surface area contributed by atoms with Crippen molar-refractivity contribution < 1.29 is 4.74 Å². The molecule has 1 rings (SSSR count). The number of nitrogens with one attached hydrogen (secondary N) is 1. The lowest BCUT2D eigenvalue weighted by Crippen LogP contribution is -1.96. The molecule has 0 bridgehead atoms. The minimum Gasteiger partial charge on any atom is -0.489 e. The Bertz CT molecular complexity index is 284. The molecule has 0 spiro atoms. The van der Waals surface area contributed by atoms with Crippen molar-refractivity contribution in [2.75, 3.05) is 19.0 Å². The van der Waals surface area contributed by atoms with Crippen LogP contribution < -0.4 is 10.1 Å². The number of hydrogen-bond acceptors (Lipinski definition) is 3. The van der Waals surface area contributed by atoms with Gasteiger partial charge in [-0.3, -0.25) is 0 Å². The van der Waals surface area contributed by atoms with E-state index in [2.05, 4.69) is 10.3 Å². The van der Waals surface area contributed by atoms with Crippen LogP contribution in [0.4, 0.5) is 5.82 Å². The average Bonchev–Trinajstić information content (AvgIpc) is 2.19. The molecule has 0 aliphatic rings. The lowest BCUT2D eigenvalue weighted by Gasteiger charge is -2.04. The highest BCUT2D eigenvalue weighted by Gasteiger charge is 1.93. The van der Waals surface area contributed by atoms with E-state index < -0.39 is 0 Å². The average molecular weight is 178 g/mol. The van der Waals surface area contributed by atoms with E-state index in [1.807, 2.05) is 38.3 Å². The summed E-state index contributed by atoms with van der Waals surface area (Å²) in [4.78, 5) is 4.08. The number of hydrogen-bond donors (Lipinski definition) is 1. The molecule has 1 N–H and O–H groups in total. The molecule has 3 heteroatoms. The topological polar surface area (TPSA) is 34.1 Å². The van der Waals surface area contributed by atoms with Gasteiger partial charge in [0.05, 0.1) is 0 Å². The molecule has 70 valence electrons. The molecular weight excluding hydrogens is 164 g/mol. The van der Waals surface area contributed by atoms with Crippen LogP contribution in [0, 0.1) is 0 Å². The zero-order valence-corrected chi connectivity index (χ0v) is 7.95. The normalized spacial score (nSPS) is 10.3. The van der Waals surface area contributed by atoms with Crippen molar-refractivity contribution in [1.82, 2.24) is 4.98 Å². The molecule has 0 aromatic carbocycles. The summed E-state index contributed by atoms with van der Waals surface area (Å²) in [6.07, 6.45) is 5.64. The third-order valence-corrected chi connectivity index (χ3v) is 1.57. The minimum atomic E-state index is 0.601. The predicted molar refractivity (Wildman–Crippen MR) is 54.1 cm³/mol. The van der Waals surface area contributed by atoms with Gasteiger partial charge in [-0.15, -0.1) is 0 Å². The Morgan fingerprint density at radius 3 is 3.15 bits per heavy atom. The smallest absolute Gasteiger partial charge is 0.129 e. The summed E-state index contributed by atoms with van der Waals surface area (Å²) >= 11 is 0. The number of pyridine rings is 1. The van der Waals surface area contributed by atoms with E-state index in [9.17, 15) is 0 Å². The van der Waals surface area contributed by atoms with Gasteiger partial charge in [-0.25, -0.2) is 4.98 Å². The van der Waals surface area contributed by atoms with Crippen LogP contribution in [-0.4, -0.2) is 18.6 Å².